The Hall–Kier alpha value is -0.900. The SMILES string of the molecule is NC(=S)c1cncn1C1CC1. The Balaban J connectivity index is 2.37. The van der Waals surface area contributed by atoms with Crippen molar-refractivity contribution in [1.29, 1.82) is 0 Å². The number of rotatable bonds is 2. The van der Waals surface area contributed by atoms with Gasteiger partial charge in [0.15, 0.2) is 0 Å². The van der Waals surface area contributed by atoms with E-state index < -0.39 is 0 Å². The van der Waals surface area contributed by atoms with Gasteiger partial charge in [-0.25, -0.2) is 4.98 Å². The van der Waals surface area contributed by atoms with Crippen molar-refractivity contribution in [1.82, 2.24) is 9.55 Å². The molecule has 0 bridgehead atoms. The van der Waals surface area contributed by atoms with Gasteiger partial charge in [-0.3, -0.25) is 0 Å². The van der Waals surface area contributed by atoms with Crippen molar-refractivity contribution in [3.8, 4) is 0 Å². The standard InChI is InChI=1S/C7H9N3S/c8-7(11)6-3-9-4-10(6)5-1-2-5/h3-5H,1-2H2,(H2,8,11). The van der Waals surface area contributed by atoms with Crippen LogP contribution in [0.1, 0.15) is 24.6 Å². The largest absolute Gasteiger partial charge is 0.388 e. The highest BCUT2D eigenvalue weighted by atomic mass is 32.1. The lowest BCUT2D eigenvalue weighted by Crippen LogP contribution is -2.14. The molecular weight excluding hydrogens is 158 g/mol. The summed E-state index contributed by atoms with van der Waals surface area (Å²) in [6.45, 7) is 0. The van der Waals surface area contributed by atoms with Gasteiger partial charge in [0.1, 0.15) is 4.99 Å². The van der Waals surface area contributed by atoms with Gasteiger partial charge in [-0.15, -0.1) is 0 Å². The minimum Gasteiger partial charge on any atom is -0.388 e. The number of thiocarbonyl (C=S) groups is 1. The Labute approximate surface area is 70.2 Å². The average molecular weight is 167 g/mol. The molecule has 4 heteroatoms. The Morgan fingerprint density at radius 3 is 3.00 bits per heavy atom. The van der Waals surface area contributed by atoms with Crippen molar-refractivity contribution in [3.63, 3.8) is 0 Å². The monoisotopic (exact) mass is 167 g/mol. The van der Waals surface area contributed by atoms with E-state index in [9.17, 15) is 0 Å². The minimum atomic E-state index is 0.439. The fourth-order valence-corrected chi connectivity index (χ4v) is 1.30. The molecular formula is C7H9N3S. The molecule has 1 aliphatic carbocycles. The van der Waals surface area contributed by atoms with Crippen LogP contribution in [-0.2, 0) is 0 Å². The molecule has 0 atom stereocenters. The lowest BCUT2D eigenvalue weighted by atomic mass is 10.4. The van der Waals surface area contributed by atoms with Gasteiger partial charge in [-0.1, -0.05) is 12.2 Å². The molecule has 0 unspecified atom stereocenters. The zero-order valence-corrected chi connectivity index (χ0v) is 6.84. The molecule has 0 aromatic carbocycles. The molecule has 1 aliphatic rings. The third-order valence-corrected chi connectivity index (χ3v) is 2.07. The van der Waals surface area contributed by atoms with E-state index in [-0.39, 0.29) is 0 Å². The van der Waals surface area contributed by atoms with Crippen LogP contribution in [0.25, 0.3) is 0 Å². The Kier molecular flexibility index (Phi) is 1.42. The average Bonchev–Trinajstić information content (AvgIpc) is 2.68. The highest BCUT2D eigenvalue weighted by molar-refractivity contribution is 7.80. The fraction of sp³-hybridized carbons (Fsp3) is 0.429. The van der Waals surface area contributed by atoms with E-state index in [4.69, 9.17) is 18.0 Å². The van der Waals surface area contributed by atoms with E-state index >= 15 is 0 Å². The molecule has 11 heavy (non-hydrogen) atoms. The van der Waals surface area contributed by atoms with Crippen molar-refractivity contribution in [2.45, 2.75) is 18.9 Å². The van der Waals surface area contributed by atoms with Crippen LogP contribution in [0, 0.1) is 0 Å². The lowest BCUT2D eigenvalue weighted by Gasteiger charge is -2.02. The second kappa shape index (κ2) is 2.30. The molecule has 1 aromatic heterocycles. The summed E-state index contributed by atoms with van der Waals surface area (Å²) in [6.07, 6.45) is 5.98. The molecule has 0 aliphatic heterocycles. The van der Waals surface area contributed by atoms with Gasteiger partial charge < -0.3 is 10.3 Å². The number of hydrogen-bond acceptors (Lipinski definition) is 2. The van der Waals surface area contributed by atoms with Crippen LogP contribution in [0.5, 0.6) is 0 Å². The van der Waals surface area contributed by atoms with Crippen molar-refractivity contribution < 1.29 is 0 Å². The van der Waals surface area contributed by atoms with E-state index in [0.717, 1.165) is 5.69 Å². The fourth-order valence-electron chi connectivity index (χ4n) is 1.14. The molecule has 2 N–H and O–H groups in total. The summed E-state index contributed by atoms with van der Waals surface area (Å²) >= 11 is 4.87. The second-order valence-corrected chi connectivity index (χ2v) is 3.22. The maximum absolute atomic E-state index is 5.50. The third-order valence-electron chi connectivity index (χ3n) is 1.86. The van der Waals surface area contributed by atoms with E-state index in [1.807, 2.05) is 0 Å². The molecule has 58 valence electrons. The summed E-state index contributed by atoms with van der Waals surface area (Å²) < 4.78 is 2.06. The van der Waals surface area contributed by atoms with Gasteiger partial charge in [0.25, 0.3) is 0 Å². The zero-order chi connectivity index (χ0) is 7.84. The van der Waals surface area contributed by atoms with E-state index in [0.29, 0.717) is 11.0 Å². The highest BCUT2D eigenvalue weighted by Gasteiger charge is 2.25. The quantitative estimate of drug-likeness (QED) is 0.664. The summed E-state index contributed by atoms with van der Waals surface area (Å²) in [5.74, 6) is 0. The number of nitrogens with zero attached hydrogens (tertiary/aromatic N) is 2. The maximum atomic E-state index is 5.50. The maximum Gasteiger partial charge on any atom is 0.122 e. The van der Waals surface area contributed by atoms with Gasteiger partial charge in [0.2, 0.25) is 0 Å². The number of imidazole rings is 1. The second-order valence-electron chi connectivity index (χ2n) is 2.78. The first-order valence-corrected chi connectivity index (χ1v) is 4.01. The van der Waals surface area contributed by atoms with Crippen LogP contribution in [0.3, 0.4) is 0 Å². The van der Waals surface area contributed by atoms with E-state index in [1.54, 1.807) is 12.5 Å². The van der Waals surface area contributed by atoms with Crippen molar-refractivity contribution in [2.75, 3.05) is 0 Å². The van der Waals surface area contributed by atoms with E-state index in [2.05, 4.69) is 9.55 Å². The van der Waals surface area contributed by atoms with Crippen LogP contribution in [0.4, 0.5) is 0 Å². The summed E-state index contributed by atoms with van der Waals surface area (Å²) in [5, 5.41) is 0. The van der Waals surface area contributed by atoms with Crippen LogP contribution < -0.4 is 5.73 Å². The normalized spacial score (nSPS) is 16.7. The van der Waals surface area contributed by atoms with Crippen molar-refractivity contribution in [3.05, 3.63) is 18.2 Å². The van der Waals surface area contributed by atoms with Crippen LogP contribution in [-0.4, -0.2) is 14.5 Å². The number of aromatic nitrogens is 2. The summed E-state index contributed by atoms with van der Waals surface area (Å²) in [5.41, 5.74) is 6.39. The molecule has 0 spiro atoms. The van der Waals surface area contributed by atoms with Gasteiger partial charge in [-0.2, -0.15) is 0 Å². The molecule has 1 aromatic rings. The minimum absolute atomic E-state index is 0.439. The summed E-state index contributed by atoms with van der Waals surface area (Å²) in [4.78, 5) is 4.44. The summed E-state index contributed by atoms with van der Waals surface area (Å²) in [6, 6.07) is 0.606. The van der Waals surface area contributed by atoms with Crippen LogP contribution >= 0.6 is 12.2 Å². The first kappa shape index (κ1) is 6.79. The molecule has 0 radical (unpaired) electrons. The van der Waals surface area contributed by atoms with Gasteiger partial charge in [-0.05, 0) is 12.8 Å². The zero-order valence-electron chi connectivity index (χ0n) is 6.03. The Bertz CT molecular complexity index is 288. The van der Waals surface area contributed by atoms with Crippen LogP contribution in [0.2, 0.25) is 0 Å². The number of nitrogens with two attached hydrogens (primary N) is 1. The first-order chi connectivity index (χ1) is 5.29. The molecule has 2 rings (SSSR count). The van der Waals surface area contributed by atoms with Gasteiger partial charge in [0.05, 0.1) is 18.2 Å². The third kappa shape index (κ3) is 1.14. The first-order valence-electron chi connectivity index (χ1n) is 3.60. The van der Waals surface area contributed by atoms with Gasteiger partial charge in [0, 0.05) is 6.04 Å². The Morgan fingerprint density at radius 1 is 1.73 bits per heavy atom. The van der Waals surface area contributed by atoms with E-state index in [1.165, 1.54) is 12.8 Å². The predicted molar refractivity (Wildman–Crippen MR) is 46.4 cm³/mol. The summed E-state index contributed by atoms with van der Waals surface area (Å²) in [7, 11) is 0. The molecule has 3 nitrogen and oxygen atoms in total. The topological polar surface area (TPSA) is 43.8 Å². The molecule has 0 amide bonds. The number of hydrogen-bond donors (Lipinski definition) is 1. The lowest BCUT2D eigenvalue weighted by molar-refractivity contribution is 0.734. The van der Waals surface area contributed by atoms with Gasteiger partial charge >= 0.3 is 0 Å². The highest BCUT2D eigenvalue weighted by Crippen LogP contribution is 2.35. The predicted octanol–water partition coefficient (Wildman–Crippen LogP) is 0.852. The molecule has 1 fully saturated rings. The smallest absolute Gasteiger partial charge is 0.122 e. The molecule has 0 saturated heterocycles. The van der Waals surface area contributed by atoms with Crippen molar-refractivity contribution >= 4 is 17.2 Å². The molecule has 1 heterocycles. The Morgan fingerprint density at radius 2 is 2.45 bits per heavy atom. The molecule has 1 saturated carbocycles. The van der Waals surface area contributed by atoms with Crippen molar-refractivity contribution in [2.24, 2.45) is 5.73 Å². The van der Waals surface area contributed by atoms with Crippen LogP contribution in [0.15, 0.2) is 12.5 Å².